The number of phenolic OH excluding ortho intramolecular Hbond substituents is 1. The second-order valence-electron chi connectivity index (χ2n) is 4.33. The van der Waals surface area contributed by atoms with Gasteiger partial charge in [-0.3, -0.25) is 14.9 Å². The van der Waals surface area contributed by atoms with E-state index in [2.05, 4.69) is 10.1 Å². The molecule has 0 aliphatic heterocycles. The second kappa shape index (κ2) is 4.58. The molecule has 0 spiro atoms. The van der Waals surface area contributed by atoms with Crippen LogP contribution in [-0.4, -0.2) is 19.9 Å². The molecule has 0 atom stereocenters. The van der Waals surface area contributed by atoms with Crippen LogP contribution in [0.4, 0.5) is 5.69 Å². The molecule has 6 heteroatoms. The lowest BCUT2D eigenvalue weighted by molar-refractivity contribution is 0.477. The number of nitrogen functional groups attached to an aromatic ring is 1. The predicted molar refractivity (Wildman–Crippen MR) is 75.7 cm³/mol. The van der Waals surface area contributed by atoms with Gasteiger partial charge in [-0.2, -0.15) is 0 Å². The SMILES string of the molecule is Nc1ccc(-n2[nH]c(-c3cccnc3)cc2=O)cc1O. The fraction of sp³-hybridized carbons (Fsp3) is 0. The number of nitrogens with one attached hydrogen (secondary N) is 1. The van der Waals surface area contributed by atoms with E-state index in [9.17, 15) is 9.90 Å². The molecule has 0 saturated carbocycles. The summed E-state index contributed by atoms with van der Waals surface area (Å²) in [4.78, 5) is 16.0. The molecule has 0 bridgehead atoms. The van der Waals surface area contributed by atoms with E-state index >= 15 is 0 Å². The van der Waals surface area contributed by atoms with Crippen molar-refractivity contribution in [3.05, 3.63) is 59.1 Å². The van der Waals surface area contributed by atoms with Crippen molar-refractivity contribution in [2.45, 2.75) is 0 Å². The van der Waals surface area contributed by atoms with Gasteiger partial charge in [0.2, 0.25) is 0 Å². The lowest BCUT2D eigenvalue weighted by Crippen LogP contribution is -2.13. The number of nitrogens with two attached hydrogens (primary N) is 1. The zero-order chi connectivity index (χ0) is 14.1. The summed E-state index contributed by atoms with van der Waals surface area (Å²) < 4.78 is 1.33. The van der Waals surface area contributed by atoms with Gasteiger partial charge in [-0.25, -0.2) is 4.68 Å². The Balaban J connectivity index is 2.10. The van der Waals surface area contributed by atoms with Crippen molar-refractivity contribution >= 4 is 5.69 Å². The third kappa shape index (κ3) is 2.03. The fourth-order valence-electron chi connectivity index (χ4n) is 1.93. The molecule has 2 heterocycles. The number of nitrogens with zero attached hydrogens (tertiary/aromatic N) is 2. The first kappa shape index (κ1) is 12.0. The monoisotopic (exact) mass is 268 g/mol. The number of rotatable bonds is 2. The molecule has 6 nitrogen and oxygen atoms in total. The maximum Gasteiger partial charge on any atom is 0.271 e. The maximum atomic E-state index is 12.0. The van der Waals surface area contributed by atoms with Crippen molar-refractivity contribution in [1.29, 1.82) is 0 Å². The number of aromatic nitrogens is 3. The molecule has 2 aromatic heterocycles. The number of H-pyrrole nitrogens is 1. The molecule has 0 aliphatic carbocycles. The van der Waals surface area contributed by atoms with Crippen LogP contribution < -0.4 is 11.3 Å². The Bertz CT molecular complexity index is 806. The van der Waals surface area contributed by atoms with Gasteiger partial charge in [0.05, 0.1) is 17.1 Å². The smallest absolute Gasteiger partial charge is 0.271 e. The van der Waals surface area contributed by atoms with Crippen LogP contribution >= 0.6 is 0 Å². The van der Waals surface area contributed by atoms with Crippen LogP contribution in [0.15, 0.2) is 53.6 Å². The highest BCUT2D eigenvalue weighted by molar-refractivity contribution is 5.59. The maximum absolute atomic E-state index is 12.0. The van der Waals surface area contributed by atoms with Gasteiger partial charge in [-0.15, -0.1) is 0 Å². The van der Waals surface area contributed by atoms with E-state index in [1.54, 1.807) is 30.6 Å². The minimum Gasteiger partial charge on any atom is -0.506 e. The molecule has 0 amide bonds. The Morgan fingerprint density at radius 3 is 2.80 bits per heavy atom. The fourth-order valence-corrected chi connectivity index (χ4v) is 1.93. The summed E-state index contributed by atoms with van der Waals surface area (Å²) in [6.45, 7) is 0. The summed E-state index contributed by atoms with van der Waals surface area (Å²) in [7, 11) is 0. The van der Waals surface area contributed by atoms with E-state index in [0.29, 0.717) is 11.4 Å². The number of aromatic amines is 1. The largest absolute Gasteiger partial charge is 0.506 e. The normalized spacial score (nSPS) is 10.6. The second-order valence-corrected chi connectivity index (χ2v) is 4.33. The number of hydrogen-bond donors (Lipinski definition) is 3. The van der Waals surface area contributed by atoms with E-state index in [1.165, 1.54) is 16.8 Å². The Morgan fingerprint density at radius 2 is 2.10 bits per heavy atom. The highest BCUT2D eigenvalue weighted by atomic mass is 16.3. The van der Waals surface area contributed by atoms with Gasteiger partial charge in [0.1, 0.15) is 5.75 Å². The van der Waals surface area contributed by atoms with Crippen molar-refractivity contribution < 1.29 is 5.11 Å². The van der Waals surface area contributed by atoms with Gasteiger partial charge in [-0.1, -0.05) is 0 Å². The van der Waals surface area contributed by atoms with Crippen LogP contribution in [0.1, 0.15) is 0 Å². The molecule has 0 unspecified atom stereocenters. The number of pyridine rings is 1. The summed E-state index contributed by atoms with van der Waals surface area (Å²) in [5, 5.41) is 12.6. The molecule has 0 saturated heterocycles. The van der Waals surface area contributed by atoms with E-state index in [0.717, 1.165) is 5.56 Å². The van der Waals surface area contributed by atoms with Gasteiger partial charge < -0.3 is 10.8 Å². The average molecular weight is 268 g/mol. The Morgan fingerprint density at radius 1 is 1.25 bits per heavy atom. The van der Waals surface area contributed by atoms with Crippen molar-refractivity contribution in [2.24, 2.45) is 0 Å². The molecule has 20 heavy (non-hydrogen) atoms. The molecule has 3 aromatic rings. The molecule has 4 N–H and O–H groups in total. The predicted octanol–water partition coefficient (Wildman–Crippen LogP) is 1.52. The van der Waals surface area contributed by atoms with E-state index in [4.69, 9.17) is 5.73 Å². The Kier molecular flexibility index (Phi) is 2.76. The first-order valence-electron chi connectivity index (χ1n) is 5.96. The van der Waals surface area contributed by atoms with Gasteiger partial charge in [0.15, 0.2) is 0 Å². The number of benzene rings is 1. The lowest BCUT2D eigenvalue weighted by atomic mass is 10.2. The quantitative estimate of drug-likeness (QED) is 0.485. The van der Waals surface area contributed by atoms with Crippen LogP contribution in [0, 0.1) is 0 Å². The highest BCUT2D eigenvalue weighted by Gasteiger charge is 2.08. The average Bonchev–Trinajstić information content (AvgIpc) is 2.85. The third-order valence-corrected chi connectivity index (χ3v) is 2.97. The number of anilines is 1. The van der Waals surface area contributed by atoms with Crippen LogP contribution in [0.25, 0.3) is 16.9 Å². The van der Waals surface area contributed by atoms with Crippen molar-refractivity contribution in [1.82, 2.24) is 14.8 Å². The minimum absolute atomic E-state index is 0.0630. The van der Waals surface area contributed by atoms with Crippen LogP contribution in [-0.2, 0) is 0 Å². The van der Waals surface area contributed by atoms with Crippen molar-refractivity contribution in [3.63, 3.8) is 0 Å². The van der Waals surface area contributed by atoms with E-state index in [-0.39, 0.29) is 17.0 Å². The first-order valence-corrected chi connectivity index (χ1v) is 5.96. The molecular formula is C14H12N4O2. The molecule has 0 aliphatic rings. The summed E-state index contributed by atoms with van der Waals surface area (Å²) in [5.74, 6) is -0.0630. The molecule has 3 rings (SSSR count). The highest BCUT2D eigenvalue weighted by Crippen LogP contribution is 2.22. The molecule has 0 radical (unpaired) electrons. The Hall–Kier alpha value is -3.02. The molecule has 0 fully saturated rings. The molecule has 100 valence electrons. The van der Waals surface area contributed by atoms with E-state index < -0.39 is 0 Å². The molecule has 1 aromatic carbocycles. The van der Waals surface area contributed by atoms with Crippen LogP contribution in [0.3, 0.4) is 0 Å². The standard InChI is InChI=1S/C14H12N4O2/c15-11-4-3-10(6-13(11)19)18-14(20)7-12(17-18)9-2-1-5-16-8-9/h1-8,17,19H,15H2. The Labute approximate surface area is 114 Å². The van der Waals surface area contributed by atoms with Crippen molar-refractivity contribution in [3.8, 4) is 22.7 Å². The minimum atomic E-state index is -0.229. The zero-order valence-electron chi connectivity index (χ0n) is 10.4. The number of aromatic hydroxyl groups is 1. The summed E-state index contributed by atoms with van der Waals surface area (Å²) in [6, 6.07) is 9.75. The van der Waals surface area contributed by atoms with Crippen molar-refractivity contribution in [2.75, 3.05) is 5.73 Å². The number of hydrogen-bond acceptors (Lipinski definition) is 4. The summed E-state index contributed by atoms with van der Waals surface area (Å²) >= 11 is 0. The first-order chi connectivity index (χ1) is 9.65. The van der Waals surface area contributed by atoms with Crippen LogP contribution in [0.2, 0.25) is 0 Å². The topological polar surface area (TPSA) is 96.9 Å². The summed E-state index contributed by atoms with van der Waals surface area (Å²) in [5.41, 5.74) is 7.55. The van der Waals surface area contributed by atoms with Gasteiger partial charge in [-0.05, 0) is 24.3 Å². The van der Waals surface area contributed by atoms with Gasteiger partial charge >= 0.3 is 0 Å². The van der Waals surface area contributed by atoms with Gasteiger partial charge in [0, 0.05) is 30.1 Å². The number of phenols is 1. The zero-order valence-corrected chi connectivity index (χ0v) is 10.4. The lowest BCUT2D eigenvalue weighted by Gasteiger charge is -2.04. The summed E-state index contributed by atoms with van der Waals surface area (Å²) in [6.07, 6.45) is 3.33. The van der Waals surface area contributed by atoms with Gasteiger partial charge in [0.25, 0.3) is 5.56 Å². The van der Waals surface area contributed by atoms with Crippen LogP contribution in [0.5, 0.6) is 5.75 Å². The van der Waals surface area contributed by atoms with E-state index in [1.807, 2.05) is 6.07 Å². The molecular weight excluding hydrogens is 256 g/mol. The third-order valence-electron chi connectivity index (χ3n) is 2.97.